The molecular formula is C9H18N4. The van der Waals surface area contributed by atoms with Gasteiger partial charge in [-0.3, -0.25) is 4.68 Å². The summed E-state index contributed by atoms with van der Waals surface area (Å²) >= 11 is 0. The van der Waals surface area contributed by atoms with Gasteiger partial charge in [0.1, 0.15) is 0 Å². The zero-order chi connectivity index (χ0) is 9.68. The molecule has 0 amide bonds. The highest BCUT2D eigenvalue weighted by Crippen LogP contribution is 1.99. The van der Waals surface area contributed by atoms with Crippen LogP contribution < -0.4 is 5.73 Å². The number of hydrogen-bond acceptors (Lipinski definition) is 3. The molecule has 0 aliphatic rings. The number of nitrogens with two attached hydrogens (primary N) is 1. The molecule has 0 aliphatic heterocycles. The maximum absolute atomic E-state index is 5.43. The van der Waals surface area contributed by atoms with Crippen molar-refractivity contribution in [2.75, 3.05) is 20.1 Å². The van der Waals surface area contributed by atoms with E-state index in [1.54, 1.807) is 0 Å². The second kappa shape index (κ2) is 4.99. The average molecular weight is 182 g/mol. The normalized spacial score (nSPS) is 11.1. The summed E-state index contributed by atoms with van der Waals surface area (Å²) in [6.45, 7) is 2.69. The van der Waals surface area contributed by atoms with E-state index in [4.69, 9.17) is 5.73 Å². The van der Waals surface area contributed by atoms with E-state index in [9.17, 15) is 0 Å². The molecule has 1 aromatic rings. The summed E-state index contributed by atoms with van der Waals surface area (Å²) in [4.78, 5) is 2.23. The Labute approximate surface area is 79.3 Å². The third-order valence-electron chi connectivity index (χ3n) is 1.94. The van der Waals surface area contributed by atoms with E-state index in [0.717, 1.165) is 31.7 Å². The minimum atomic E-state index is 0.757. The van der Waals surface area contributed by atoms with Crippen molar-refractivity contribution < 1.29 is 0 Å². The molecule has 13 heavy (non-hydrogen) atoms. The minimum Gasteiger partial charge on any atom is -0.330 e. The lowest BCUT2D eigenvalue weighted by atomic mass is 10.3. The van der Waals surface area contributed by atoms with Crippen molar-refractivity contribution in [3.63, 3.8) is 0 Å². The van der Waals surface area contributed by atoms with Gasteiger partial charge in [-0.15, -0.1) is 0 Å². The van der Waals surface area contributed by atoms with Crippen LogP contribution in [-0.4, -0.2) is 34.8 Å². The highest BCUT2D eigenvalue weighted by molar-refractivity contribution is 4.97. The van der Waals surface area contributed by atoms with Crippen LogP contribution in [0.1, 0.15) is 12.1 Å². The van der Waals surface area contributed by atoms with Gasteiger partial charge >= 0.3 is 0 Å². The molecule has 4 nitrogen and oxygen atoms in total. The lowest BCUT2D eigenvalue weighted by Crippen LogP contribution is -2.21. The topological polar surface area (TPSA) is 47.1 Å². The molecule has 0 saturated heterocycles. The van der Waals surface area contributed by atoms with Crippen LogP contribution in [0.15, 0.2) is 12.3 Å². The Hall–Kier alpha value is -0.870. The summed E-state index contributed by atoms with van der Waals surface area (Å²) in [5.41, 5.74) is 6.54. The Balaban J connectivity index is 2.31. The molecule has 0 spiro atoms. The maximum atomic E-state index is 5.43. The number of nitrogens with zero attached hydrogens (tertiary/aromatic N) is 3. The summed E-state index contributed by atoms with van der Waals surface area (Å²) < 4.78 is 1.83. The van der Waals surface area contributed by atoms with Gasteiger partial charge in [0.25, 0.3) is 0 Å². The molecule has 1 rings (SSSR count). The summed E-state index contributed by atoms with van der Waals surface area (Å²) in [7, 11) is 4.02. The van der Waals surface area contributed by atoms with Crippen molar-refractivity contribution in [2.24, 2.45) is 12.8 Å². The fourth-order valence-electron chi connectivity index (χ4n) is 1.26. The largest absolute Gasteiger partial charge is 0.330 e. The van der Waals surface area contributed by atoms with Gasteiger partial charge in [0, 0.05) is 19.8 Å². The molecule has 1 heterocycles. The number of rotatable bonds is 5. The first-order chi connectivity index (χ1) is 6.22. The molecule has 2 N–H and O–H groups in total. The first kappa shape index (κ1) is 10.2. The monoisotopic (exact) mass is 182 g/mol. The predicted molar refractivity (Wildman–Crippen MR) is 53.2 cm³/mol. The Morgan fingerprint density at radius 3 is 2.92 bits per heavy atom. The Morgan fingerprint density at radius 2 is 2.38 bits per heavy atom. The molecular weight excluding hydrogens is 164 g/mol. The van der Waals surface area contributed by atoms with Crippen LogP contribution in [0, 0.1) is 0 Å². The van der Waals surface area contributed by atoms with E-state index in [-0.39, 0.29) is 0 Å². The summed E-state index contributed by atoms with van der Waals surface area (Å²) in [5.74, 6) is 0. The van der Waals surface area contributed by atoms with Crippen LogP contribution in [0.4, 0.5) is 0 Å². The van der Waals surface area contributed by atoms with Gasteiger partial charge in [-0.25, -0.2) is 0 Å². The molecule has 0 saturated carbocycles. The van der Waals surface area contributed by atoms with Gasteiger partial charge in [-0.1, -0.05) is 0 Å². The van der Waals surface area contributed by atoms with Gasteiger partial charge in [0.15, 0.2) is 0 Å². The SMILES string of the molecule is CN(CCCN)Cc1ccn(C)n1. The van der Waals surface area contributed by atoms with Crippen molar-refractivity contribution in [2.45, 2.75) is 13.0 Å². The summed E-state index contributed by atoms with van der Waals surface area (Å²) in [6.07, 6.45) is 3.01. The molecule has 0 aromatic carbocycles. The van der Waals surface area contributed by atoms with Crippen LogP contribution in [0.25, 0.3) is 0 Å². The third-order valence-corrected chi connectivity index (χ3v) is 1.94. The highest BCUT2D eigenvalue weighted by atomic mass is 15.3. The smallest absolute Gasteiger partial charge is 0.0764 e. The molecule has 0 atom stereocenters. The van der Waals surface area contributed by atoms with Gasteiger partial charge in [0.05, 0.1) is 5.69 Å². The summed E-state index contributed by atoms with van der Waals surface area (Å²) in [6, 6.07) is 2.04. The van der Waals surface area contributed by atoms with Gasteiger partial charge in [-0.2, -0.15) is 5.10 Å². The predicted octanol–water partition coefficient (Wildman–Crippen LogP) is 0.201. The standard InChI is InChI=1S/C9H18N4/c1-12(6-3-5-10)8-9-4-7-13(2)11-9/h4,7H,3,5-6,8,10H2,1-2H3. The lowest BCUT2D eigenvalue weighted by Gasteiger charge is -2.13. The number of aromatic nitrogens is 2. The van der Waals surface area contributed by atoms with Crippen LogP contribution in [0.3, 0.4) is 0 Å². The van der Waals surface area contributed by atoms with E-state index in [2.05, 4.69) is 17.0 Å². The van der Waals surface area contributed by atoms with Crippen LogP contribution >= 0.6 is 0 Å². The zero-order valence-electron chi connectivity index (χ0n) is 8.40. The quantitative estimate of drug-likeness (QED) is 0.707. The fourth-order valence-corrected chi connectivity index (χ4v) is 1.26. The number of aryl methyl sites for hydroxylation is 1. The van der Waals surface area contributed by atoms with Crippen molar-refractivity contribution in [3.8, 4) is 0 Å². The molecule has 4 heteroatoms. The van der Waals surface area contributed by atoms with Gasteiger partial charge in [0.2, 0.25) is 0 Å². The third kappa shape index (κ3) is 3.57. The minimum absolute atomic E-state index is 0.757. The van der Waals surface area contributed by atoms with Crippen molar-refractivity contribution >= 4 is 0 Å². The fraction of sp³-hybridized carbons (Fsp3) is 0.667. The Morgan fingerprint density at radius 1 is 1.62 bits per heavy atom. The lowest BCUT2D eigenvalue weighted by molar-refractivity contribution is 0.319. The van der Waals surface area contributed by atoms with E-state index in [1.807, 2.05) is 24.0 Å². The molecule has 0 bridgehead atoms. The van der Waals surface area contributed by atoms with Crippen LogP contribution in [0.2, 0.25) is 0 Å². The molecule has 74 valence electrons. The Kier molecular flexibility index (Phi) is 3.92. The molecule has 0 unspecified atom stereocenters. The highest BCUT2D eigenvalue weighted by Gasteiger charge is 2.01. The van der Waals surface area contributed by atoms with Crippen molar-refractivity contribution in [1.29, 1.82) is 0 Å². The second-order valence-electron chi connectivity index (χ2n) is 3.36. The van der Waals surface area contributed by atoms with Crippen LogP contribution in [0.5, 0.6) is 0 Å². The average Bonchev–Trinajstić information content (AvgIpc) is 2.48. The molecule has 0 aliphatic carbocycles. The maximum Gasteiger partial charge on any atom is 0.0764 e. The molecule has 1 aromatic heterocycles. The summed E-state index contributed by atoms with van der Waals surface area (Å²) in [5, 5.41) is 4.30. The van der Waals surface area contributed by atoms with Crippen molar-refractivity contribution in [3.05, 3.63) is 18.0 Å². The number of hydrogen-bond donors (Lipinski definition) is 1. The molecule has 0 fully saturated rings. The Bertz CT molecular complexity index is 244. The second-order valence-corrected chi connectivity index (χ2v) is 3.36. The van der Waals surface area contributed by atoms with E-state index in [0.29, 0.717) is 0 Å². The molecule has 0 radical (unpaired) electrons. The van der Waals surface area contributed by atoms with Gasteiger partial charge < -0.3 is 10.6 Å². The first-order valence-corrected chi connectivity index (χ1v) is 4.59. The van der Waals surface area contributed by atoms with E-state index in [1.165, 1.54) is 0 Å². The van der Waals surface area contributed by atoms with Gasteiger partial charge in [-0.05, 0) is 32.6 Å². The first-order valence-electron chi connectivity index (χ1n) is 4.59. The van der Waals surface area contributed by atoms with E-state index < -0.39 is 0 Å². The van der Waals surface area contributed by atoms with Crippen LogP contribution in [-0.2, 0) is 13.6 Å². The van der Waals surface area contributed by atoms with E-state index >= 15 is 0 Å². The zero-order valence-corrected chi connectivity index (χ0v) is 8.40. The van der Waals surface area contributed by atoms with Crippen molar-refractivity contribution in [1.82, 2.24) is 14.7 Å².